The molecule has 156 valence electrons. The minimum atomic E-state index is -0.759. The maximum absolute atomic E-state index is 8.82. The van der Waals surface area contributed by atoms with Gasteiger partial charge in [0.25, 0.3) is 0 Å². The number of hydrogen-bond acceptors (Lipinski definition) is 5. The monoisotopic (exact) mass is 407 g/mol. The summed E-state index contributed by atoms with van der Waals surface area (Å²) in [5.41, 5.74) is 10.9. The van der Waals surface area contributed by atoms with Gasteiger partial charge in [0.05, 0.1) is 25.4 Å². The molecule has 7 nitrogen and oxygen atoms in total. The largest absolute Gasteiger partial charge is 0.371 e. The summed E-state index contributed by atoms with van der Waals surface area (Å²) in [6.07, 6.45) is 3.89. The van der Waals surface area contributed by atoms with Crippen molar-refractivity contribution in [3.63, 3.8) is 0 Å². The Morgan fingerprint density at radius 3 is 2.23 bits per heavy atom. The molecule has 0 aliphatic carbocycles. The zero-order valence-electron chi connectivity index (χ0n) is 16.8. The van der Waals surface area contributed by atoms with E-state index in [0.29, 0.717) is 19.6 Å². The average molecular weight is 407 g/mol. The van der Waals surface area contributed by atoms with Gasteiger partial charge in [-0.3, -0.25) is 0 Å². The summed E-state index contributed by atoms with van der Waals surface area (Å²) < 4.78 is 23.9. The van der Waals surface area contributed by atoms with E-state index in [9.17, 15) is 0 Å². The Morgan fingerprint density at radius 1 is 1.10 bits per heavy atom. The van der Waals surface area contributed by atoms with Gasteiger partial charge in [-0.25, -0.2) is 0 Å². The second-order valence-corrected chi connectivity index (χ2v) is 6.93. The minimum absolute atomic E-state index is 0.359. The van der Waals surface area contributed by atoms with E-state index in [0.717, 1.165) is 11.1 Å². The fourth-order valence-electron chi connectivity index (χ4n) is 3.40. The SMILES string of the molecule is C#C[C@@H](N=[N+]=[N-])[C@@H]1C[C@H](OCc2ccccc2)[C@@H](OCc2ccccc2)[C@@H](OC)O1. The number of ether oxygens (including phenoxy) is 4. The molecule has 0 amide bonds. The molecule has 0 N–H and O–H groups in total. The van der Waals surface area contributed by atoms with Crippen molar-refractivity contribution in [2.45, 2.75) is 50.3 Å². The number of hydrogen-bond donors (Lipinski definition) is 0. The number of benzene rings is 2. The van der Waals surface area contributed by atoms with Crippen LogP contribution >= 0.6 is 0 Å². The highest BCUT2D eigenvalue weighted by molar-refractivity contribution is 5.14. The van der Waals surface area contributed by atoms with E-state index >= 15 is 0 Å². The highest BCUT2D eigenvalue weighted by Crippen LogP contribution is 2.30. The van der Waals surface area contributed by atoms with Crippen LogP contribution in [0, 0.1) is 12.3 Å². The summed E-state index contributed by atoms with van der Waals surface area (Å²) in [6.45, 7) is 0.793. The molecule has 7 heteroatoms. The van der Waals surface area contributed by atoms with E-state index in [1.54, 1.807) is 7.11 Å². The molecule has 2 aromatic carbocycles. The first-order valence-electron chi connectivity index (χ1n) is 9.74. The van der Waals surface area contributed by atoms with Gasteiger partial charge in [-0.1, -0.05) is 71.7 Å². The Kier molecular flexibility index (Phi) is 8.28. The molecule has 1 saturated heterocycles. The molecule has 1 fully saturated rings. The molecular formula is C23H25N3O4. The number of azide groups is 1. The number of methoxy groups -OCH3 is 1. The second kappa shape index (κ2) is 11.4. The molecule has 1 heterocycles. The number of terminal acetylenes is 1. The molecule has 1 aliphatic heterocycles. The third kappa shape index (κ3) is 5.83. The lowest BCUT2D eigenvalue weighted by Gasteiger charge is -2.41. The van der Waals surface area contributed by atoms with Gasteiger partial charge in [0.2, 0.25) is 0 Å². The fourth-order valence-corrected chi connectivity index (χ4v) is 3.40. The van der Waals surface area contributed by atoms with E-state index in [1.165, 1.54) is 0 Å². The molecule has 30 heavy (non-hydrogen) atoms. The lowest BCUT2D eigenvalue weighted by molar-refractivity contribution is -0.281. The van der Waals surface area contributed by atoms with Crippen LogP contribution in [-0.2, 0) is 32.2 Å². The van der Waals surface area contributed by atoms with Crippen molar-refractivity contribution >= 4 is 0 Å². The number of nitrogens with zero attached hydrogens (tertiary/aromatic N) is 3. The van der Waals surface area contributed by atoms with Gasteiger partial charge in [0.1, 0.15) is 12.1 Å². The van der Waals surface area contributed by atoms with Crippen LogP contribution in [0.2, 0.25) is 0 Å². The van der Waals surface area contributed by atoms with Crippen LogP contribution in [0.3, 0.4) is 0 Å². The third-order valence-electron chi connectivity index (χ3n) is 4.93. The van der Waals surface area contributed by atoms with Crippen molar-refractivity contribution in [1.29, 1.82) is 0 Å². The van der Waals surface area contributed by atoms with Gasteiger partial charge in [-0.05, 0) is 16.7 Å². The van der Waals surface area contributed by atoms with Crippen LogP contribution in [0.4, 0.5) is 0 Å². The molecular weight excluding hydrogens is 382 g/mol. The van der Waals surface area contributed by atoms with Crippen LogP contribution in [-0.4, -0.2) is 37.8 Å². The quantitative estimate of drug-likeness (QED) is 0.269. The van der Waals surface area contributed by atoms with Crippen molar-refractivity contribution in [3.8, 4) is 12.3 Å². The summed E-state index contributed by atoms with van der Waals surface area (Å²) in [4.78, 5) is 2.84. The van der Waals surface area contributed by atoms with E-state index in [4.69, 9.17) is 30.9 Å². The zero-order valence-corrected chi connectivity index (χ0v) is 16.8. The van der Waals surface area contributed by atoms with Crippen LogP contribution in [0.1, 0.15) is 17.5 Å². The van der Waals surface area contributed by atoms with Gasteiger partial charge in [-0.15, -0.1) is 6.42 Å². The lowest BCUT2D eigenvalue weighted by Crippen LogP contribution is -2.53. The molecule has 2 aromatic rings. The second-order valence-electron chi connectivity index (χ2n) is 6.93. The van der Waals surface area contributed by atoms with Crippen molar-refractivity contribution in [2.75, 3.05) is 7.11 Å². The van der Waals surface area contributed by atoms with Gasteiger partial charge in [0.15, 0.2) is 6.29 Å². The topological polar surface area (TPSA) is 85.7 Å². The molecule has 5 atom stereocenters. The fraction of sp³-hybridized carbons (Fsp3) is 0.391. The molecule has 0 spiro atoms. The predicted molar refractivity (Wildman–Crippen MR) is 112 cm³/mol. The first-order chi connectivity index (χ1) is 14.7. The summed E-state index contributed by atoms with van der Waals surface area (Å²) in [7, 11) is 1.54. The molecule has 0 bridgehead atoms. The Labute approximate surface area is 176 Å². The smallest absolute Gasteiger partial charge is 0.186 e. The molecule has 3 rings (SSSR count). The van der Waals surface area contributed by atoms with E-state index in [-0.39, 0.29) is 6.10 Å². The highest BCUT2D eigenvalue weighted by Gasteiger charge is 2.42. The molecule has 0 unspecified atom stereocenters. The van der Waals surface area contributed by atoms with Gasteiger partial charge < -0.3 is 18.9 Å². The molecule has 0 radical (unpaired) electrons. The van der Waals surface area contributed by atoms with Crippen molar-refractivity contribution in [3.05, 3.63) is 82.2 Å². The third-order valence-corrected chi connectivity index (χ3v) is 4.93. The van der Waals surface area contributed by atoms with Crippen molar-refractivity contribution < 1.29 is 18.9 Å². The average Bonchev–Trinajstić information content (AvgIpc) is 2.81. The minimum Gasteiger partial charge on any atom is -0.371 e. The predicted octanol–water partition coefficient (Wildman–Crippen LogP) is 4.23. The van der Waals surface area contributed by atoms with Gasteiger partial charge in [0, 0.05) is 18.4 Å². The summed E-state index contributed by atoms with van der Waals surface area (Å²) in [6, 6.07) is 19.0. The normalized spacial score (nSPS) is 24.4. The van der Waals surface area contributed by atoms with Gasteiger partial charge in [-0.2, -0.15) is 0 Å². The Hall–Kier alpha value is -2.85. The van der Waals surface area contributed by atoms with Crippen molar-refractivity contribution in [2.24, 2.45) is 5.11 Å². The summed E-state index contributed by atoms with van der Waals surface area (Å²) in [5, 5.41) is 3.67. The zero-order chi connectivity index (χ0) is 21.2. The lowest BCUT2D eigenvalue weighted by atomic mass is 9.97. The first-order valence-corrected chi connectivity index (χ1v) is 9.74. The van der Waals surface area contributed by atoms with E-state index in [1.807, 2.05) is 60.7 Å². The molecule has 0 saturated carbocycles. The van der Waals surface area contributed by atoms with Crippen LogP contribution in [0.5, 0.6) is 0 Å². The first kappa shape index (κ1) is 21.8. The van der Waals surface area contributed by atoms with Crippen LogP contribution in [0.15, 0.2) is 65.8 Å². The Morgan fingerprint density at radius 2 is 1.70 bits per heavy atom. The maximum atomic E-state index is 8.82. The van der Waals surface area contributed by atoms with Crippen molar-refractivity contribution in [1.82, 2.24) is 0 Å². The molecule has 0 aromatic heterocycles. The Balaban J connectivity index is 1.76. The van der Waals surface area contributed by atoms with Gasteiger partial charge >= 0.3 is 0 Å². The number of rotatable bonds is 9. The van der Waals surface area contributed by atoms with E-state index in [2.05, 4.69) is 15.9 Å². The van der Waals surface area contributed by atoms with Crippen LogP contribution < -0.4 is 0 Å². The Bertz CT molecular complexity index is 865. The standard InChI is InChI=1S/C23H25N3O4/c1-3-19(25-26-24)20-14-21(28-15-17-10-6-4-7-11-17)22(23(27-2)30-20)29-16-18-12-8-5-9-13-18/h1,4-13,19-23H,14-16H2,2H3/t19-,20+,21+,22-,23+/m1/s1. The summed E-state index contributed by atoms with van der Waals surface area (Å²) >= 11 is 0. The molecule has 1 aliphatic rings. The van der Waals surface area contributed by atoms with E-state index < -0.39 is 24.5 Å². The maximum Gasteiger partial charge on any atom is 0.186 e. The highest BCUT2D eigenvalue weighted by atomic mass is 16.7. The van der Waals surface area contributed by atoms with Crippen LogP contribution in [0.25, 0.3) is 10.4 Å². The summed E-state index contributed by atoms with van der Waals surface area (Å²) in [5.74, 6) is 2.49.